The number of methoxy groups -OCH3 is 1. The van der Waals surface area contributed by atoms with Crippen LogP contribution >= 0.6 is 0 Å². The van der Waals surface area contributed by atoms with Gasteiger partial charge in [-0.05, 0) is 23.8 Å². The summed E-state index contributed by atoms with van der Waals surface area (Å²) in [5.41, 5.74) is 0.547. The number of carbonyl (C=O) groups is 2. The molecule has 1 aromatic rings. The van der Waals surface area contributed by atoms with Gasteiger partial charge in [0.15, 0.2) is 23.7 Å². The Kier molecular flexibility index (Phi) is 6.08. The third-order valence-electron chi connectivity index (χ3n) is 4.70. The fourth-order valence-corrected chi connectivity index (χ4v) is 3.35. The van der Waals surface area contributed by atoms with E-state index in [1.165, 1.54) is 25.3 Å². The smallest absolute Gasteiger partial charge is 0.331 e. The second kappa shape index (κ2) is 8.37. The normalized spacial score (nSPS) is 31.3. The summed E-state index contributed by atoms with van der Waals surface area (Å²) >= 11 is 0. The molecule has 0 aromatic heterocycles. The van der Waals surface area contributed by atoms with Gasteiger partial charge in [-0.25, -0.2) is 4.79 Å². The van der Waals surface area contributed by atoms with Crippen LogP contribution in [-0.2, 0) is 23.8 Å². The SMILES string of the molecule is COc1cc(C=CC(=O)O[C@@H]2[C@@H](OC(C)=O)[C@@H](O)[C@H]3CNC[C@@]2(O)O3)ccc1O. The monoisotopic (exact) mass is 409 g/mol. The molecule has 0 spiro atoms. The molecule has 2 saturated heterocycles. The van der Waals surface area contributed by atoms with Gasteiger partial charge < -0.3 is 39.6 Å². The maximum absolute atomic E-state index is 12.3. The predicted octanol–water partition coefficient (Wildman–Crippen LogP) is -0.691. The quantitative estimate of drug-likeness (QED) is 0.364. The Labute approximate surface area is 166 Å². The number of benzene rings is 1. The zero-order valence-corrected chi connectivity index (χ0v) is 15.9. The lowest BCUT2D eigenvalue weighted by atomic mass is 9.89. The highest BCUT2D eigenvalue weighted by Crippen LogP contribution is 2.34. The highest BCUT2D eigenvalue weighted by molar-refractivity contribution is 5.87. The molecular formula is C19H23NO9. The molecule has 2 fully saturated rings. The van der Waals surface area contributed by atoms with E-state index in [4.69, 9.17) is 18.9 Å². The third kappa shape index (κ3) is 4.51. The minimum Gasteiger partial charge on any atom is -0.504 e. The van der Waals surface area contributed by atoms with Crippen molar-refractivity contribution in [3.05, 3.63) is 29.8 Å². The van der Waals surface area contributed by atoms with Gasteiger partial charge in [-0.15, -0.1) is 0 Å². The Morgan fingerprint density at radius 1 is 1.34 bits per heavy atom. The number of ether oxygens (including phenoxy) is 4. The summed E-state index contributed by atoms with van der Waals surface area (Å²) in [5.74, 6) is -3.34. The topological polar surface area (TPSA) is 144 Å². The zero-order chi connectivity index (χ0) is 21.2. The second-order valence-corrected chi connectivity index (χ2v) is 6.82. The van der Waals surface area contributed by atoms with Crippen LogP contribution in [0, 0.1) is 0 Å². The molecule has 2 aliphatic rings. The summed E-state index contributed by atoms with van der Waals surface area (Å²) < 4.78 is 20.9. The summed E-state index contributed by atoms with van der Waals surface area (Å²) in [5, 5.41) is 33.7. The average molecular weight is 409 g/mol. The van der Waals surface area contributed by atoms with Gasteiger partial charge in [-0.2, -0.15) is 0 Å². The molecule has 1 aromatic carbocycles. The van der Waals surface area contributed by atoms with Gasteiger partial charge in [-0.1, -0.05) is 6.07 Å². The number of morpholine rings is 1. The molecule has 0 amide bonds. The molecule has 0 saturated carbocycles. The van der Waals surface area contributed by atoms with Crippen molar-refractivity contribution in [2.24, 2.45) is 0 Å². The molecule has 0 radical (unpaired) electrons. The van der Waals surface area contributed by atoms with Crippen LogP contribution < -0.4 is 10.1 Å². The summed E-state index contributed by atoms with van der Waals surface area (Å²) in [4.78, 5) is 23.8. The molecule has 29 heavy (non-hydrogen) atoms. The van der Waals surface area contributed by atoms with E-state index >= 15 is 0 Å². The van der Waals surface area contributed by atoms with Crippen molar-refractivity contribution < 1.29 is 43.9 Å². The first kappa shape index (κ1) is 21.1. The van der Waals surface area contributed by atoms with Crippen molar-refractivity contribution in [3.8, 4) is 11.5 Å². The minimum absolute atomic E-state index is 0.0497. The number of aliphatic hydroxyl groups excluding tert-OH is 1. The zero-order valence-electron chi connectivity index (χ0n) is 15.9. The van der Waals surface area contributed by atoms with Gasteiger partial charge in [0.05, 0.1) is 13.7 Å². The fraction of sp³-hybridized carbons (Fsp3) is 0.474. The van der Waals surface area contributed by atoms with E-state index in [1.807, 2.05) is 0 Å². The molecule has 0 aliphatic carbocycles. The number of carbonyl (C=O) groups excluding carboxylic acids is 2. The highest BCUT2D eigenvalue weighted by Gasteiger charge is 2.59. The molecule has 2 heterocycles. The maximum atomic E-state index is 12.3. The lowest BCUT2D eigenvalue weighted by molar-refractivity contribution is -0.354. The highest BCUT2D eigenvalue weighted by atomic mass is 16.7. The Morgan fingerprint density at radius 3 is 2.79 bits per heavy atom. The first-order valence-corrected chi connectivity index (χ1v) is 8.95. The van der Waals surface area contributed by atoms with Gasteiger partial charge >= 0.3 is 11.9 Å². The number of aliphatic hydroxyl groups is 2. The molecule has 10 heteroatoms. The first-order chi connectivity index (χ1) is 13.7. The van der Waals surface area contributed by atoms with E-state index in [-0.39, 0.29) is 24.6 Å². The second-order valence-electron chi connectivity index (χ2n) is 6.82. The van der Waals surface area contributed by atoms with E-state index in [1.54, 1.807) is 6.07 Å². The molecular weight excluding hydrogens is 386 g/mol. The molecule has 10 nitrogen and oxygen atoms in total. The Balaban J connectivity index is 1.77. The van der Waals surface area contributed by atoms with Crippen LogP contribution in [0.5, 0.6) is 11.5 Å². The summed E-state index contributed by atoms with van der Waals surface area (Å²) in [6.07, 6.45) is -2.35. The predicted molar refractivity (Wildman–Crippen MR) is 97.8 cm³/mol. The molecule has 0 unspecified atom stereocenters. The van der Waals surface area contributed by atoms with Crippen LogP contribution in [0.15, 0.2) is 24.3 Å². The number of fused-ring (bicyclic) bond motifs is 2. The fourth-order valence-electron chi connectivity index (χ4n) is 3.35. The summed E-state index contributed by atoms with van der Waals surface area (Å²) in [6, 6.07) is 4.47. The minimum atomic E-state index is -1.96. The molecule has 5 atom stereocenters. The van der Waals surface area contributed by atoms with Gasteiger partial charge in [0.1, 0.15) is 12.2 Å². The van der Waals surface area contributed by atoms with E-state index in [2.05, 4.69) is 5.32 Å². The molecule has 3 rings (SSSR count). The Hall–Kier alpha value is -2.66. The van der Waals surface area contributed by atoms with E-state index in [0.29, 0.717) is 5.56 Å². The lowest BCUT2D eigenvalue weighted by Crippen LogP contribution is -2.73. The maximum Gasteiger partial charge on any atom is 0.331 e. The van der Waals surface area contributed by atoms with Crippen molar-refractivity contribution in [3.63, 3.8) is 0 Å². The number of aromatic hydroxyl groups is 1. The molecule has 158 valence electrons. The van der Waals surface area contributed by atoms with Gasteiger partial charge in [0.25, 0.3) is 0 Å². The number of phenols is 1. The summed E-state index contributed by atoms with van der Waals surface area (Å²) in [6.45, 7) is 1.31. The molecule has 2 aliphatic heterocycles. The van der Waals surface area contributed by atoms with Crippen molar-refractivity contribution in [1.29, 1.82) is 0 Å². The standard InChI is InChI=1S/C19H23NO9/c1-10(21)27-17-16(24)14-8-20-9-19(25,29-14)18(17)28-15(23)6-4-11-3-5-12(22)13(7-11)26-2/h3-7,14,16-18,20,22,24-25H,8-9H2,1-2H3/t14-,16+,17+,18-,19-/m1/s1. The van der Waals surface area contributed by atoms with E-state index < -0.39 is 42.1 Å². The van der Waals surface area contributed by atoms with Crippen LogP contribution in [0.4, 0.5) is 0 Å². The number of hydrogen-bond donors (Lipinski definition) is 4. The van der Waals surface area contributed by atoms with Gasteiger partial charge in [-0.3, -0.25) is 4.79 Å². The average Bonchev–Trinajstić information content (AvgIpc) is 2.68. The van der Waals surface area contributed by atoms with E-state index in [0.717, 1.165) is 13.0 Å². The van der Waals surface area contributed by atoms with Crippen LogP contribution in [0.3, 0.4) is 0 Å². The van der Waals surface area contributed by atoms with Crippen molar-refractivity contribution in [2.75, 3.05) is 20.2 Å². The third-order valence-corrected chi connectivity index (χ3v) is 4.70. The summed E-state index contributed by atoms with van der Waals surface area (Å²) in [7, 11) is 1.40. The van der Waals surface area contributed by atoms with Crippen LogP contribution in [-0.4, -0.2) is 77.7 Å². The molecule has 2 bridgehead atoms. The Bertz CT molecular complexity index is 811. The largest absolute Gasteiger partial charge is 0.504 e. The first-order valence-electron chi connectivity index (χ1n) is 8.95. The lowest BCUT2D eigenvalue weighted by Gasteiger charge is -2.50. The van der Waals surface area contributed by atoms with Crippen molar-refractivity contribution >= 4 is 18.0 Å². The Morgan fingerprint density at radius 2 is 2.10 bits per heavy atom. The number of hydrogen-bond acceptors (Lipinski definition) is 10. The van der Waals surface area contributed by atoms with Crippen molar-refractivity contribution in [1.82, 2.24) is 5.32 Å². The number of rotatable bonds is 5. The number of phenolic OH excluding ortho intramolecular Hbond substituents is 1. The number of nitrogens with one attached hydrogen (secondary N) is 1. The van der Waals surface area contributed by atoms with E-state index in [9.17, 15) is 24.9 Å². The van der Waals surface area contributed by atoms with Crippen molar-refractivity contribution in [2.45, 2.75) is 37.1 Å². The number of esters is 2. The van der Waals surface area contributed by atoms with Crippen LogP contribution in [0.25, 0.3) is 6.08 Å². The number of β-amino-alcohol motifs (C(OH)–C–C–N with tert-alkyl or cyclic N) is 1. The van der Waals surface area contributed by atoms with Crippen LogP contribution in [0.2, 0.25) is 0 Å². The van der Waals surface area contributed by atoms with Crippen LogP contribution in [0.1, 0.15) is 12.5 Å². The van der Waals surface area contributed by atoms with Gasteiger partial charge in [0.2, 0.25) is 5.79 Å². The molecule has 4 N–H and O–H groups in total. The van der Waals surface area contributed by atoms with Gasteiger partial charge in [0, 0.05) is 19.5 Å².